The summed E-state index contributed by atoms with van der Waals surface area (Å²) in [5.41, 5.74) is 12.0. The van der Waals surface area contributed by atoms with Crippen LogP contribution in [-0.2, 0) is 64.3 Å². The van der Waals surface area contributed by atoms with Gasteiger partial charge in [-0.15, -0.1) is 0 Å². The monoisotopic (exact) mass is 1180 g/mol. The van der Waals surface area contributed by atoms with Crippen LogP contribution >= 0.6 is 7.75 Å². The predicted molar refractivity (Wildman–Crippen MR) is 299 cm³/mol. The molecule has 29 heteroatoms. The maximum atomic E-state index is 14.7. The van der Waals surface area contributed by atoms with Gasteiger partial charge in [-0.05, 0) is 87.5 Å². The molecule has 438 valence electrons. The minimum Gasteiger partial charge on any atom is -0.468 e. The Hall–Kier alpha value is -4.97. The first-order chi connectivity index (χ1) is 36.6. The molecule has 1 aromatic carbocycles. The number of carbonyl (C=O) groups excluding carboxylic acids is 1. The molecule has 3 aromatic rings. The number of hydrogen-bond acceptors (Lipinski definition) is 18. The normalized spacial score (nSPS) is 24.5. The van der Waals surface area contributed by atoms with Crippen LogP contribution < -0.4 is 37.8 Å². The van der Waals surface area contributed by atoms with Gasteiger partial charge >= 0.3 is 25.1 Å². The van der Waals surface area contributed by atoms with Gasteiger partial charge in [0.05, 0.1) is 43.6 Å². The summed E-state index contributed by atoms with van der Waals surface area (Å²) in [4.78, 5) is 71.2. The predicted octanol–water partition coefficient (Wildman–Crippen LogP) is 6.74. The molecule has 3 aliphatic heterocycles. The van der Waals surface area contributed by atoms with E-state index >= 15 is 0 Å². The third-order valence-electron chi connectivity index (χ3n) is 15.6. The van der Waals surface area contributed by atoms with Crippen LogP contribution in [0.3, 0.4) is 0 Å². The summed E-state index contributed by atoms with van der Waals surface area (Å²) in [5.74, 6) is -0.574. The Morgan fingerprint density at radius 1 is 0.899 bits per heavy atom. The summed E-state index contributed by atoms with van der Waals surface area (Å²) >= 11 is 0. The standard InChI is InChI=1S/C50H78N9O16PSSi2/c1-32-27-58(40-26-36(53-55-52)37(71-40)29-69-76(65,54-34(3)45(62)68-10)73-35-22-18-17-19-23-35)46(63)56(42(32)60)24-20-15-16-21-25-57-43(61)33(2)28-59(47(57)64)44-41(74-79(13,14)49(7,8)9)50(38(51)31-77(66,67)75-50)39(72-44)30-70-78(11,12)48(4,5)6/h17-19,22-23,27-28,31,34,36-37,39-41,44H,15-16,20-21,24-26,29-30,51H2,1-14H3,(H,54,65). The number of aromatic nitrogens is 4. The number of aryl methyl sites for hydroxylation is 2. The van der Waals surface area contributed by atoms with E-state index in [1.165, 1.54) is 47.7 Å². The number of benzene rings is 1. The first-order valence-electron chi connectivity index (χ1n) is 26.2. The molecular weight excluding hydrogens is 1100 g/mol. The molecule has 0 aliphatic carbocycles. The number of azide groups is 1. The first kappa shape index (κ1) is 63.2. The smallest absolute Gasteiger partial charge is 0.459 e. The Morgan fingerprint density at radius 3 is 1.97 bits per heavy atom. The lowest BCUT2D eigenvalue weighted by atomic mass is 9.89. The van der Waals surface area contributed by atoms with Gasteiger partial charge in [0.1, 0.15) is 30.2 Å². The van der Waals surface area contributed by atoms with E-state index in [4.69, 9.17) is 42.0 Å². The van der Waals surface area contributed by atoms with Crippen molar-refractivity contribution in [3.63, 3.8) is 0 Å². The number of nitrogens with one attached hydrogen (secondary N) is 1. The van der Waals surface area contributed by atoms with Crippen molar-refractivity contribution < 1.29 is 54.1 Å². The molecular formula is C50H78N9O16PSSi2. The van der Waals surface area contributed by atoms with Crippen LogP contribution in [0.25, 0.3) is 10.4 Å². The molecule has 0 amide bonds. The number of hydrogen-bond donors (Lipinski definition) is 2. The van der Waals surface area contributed by atoms with Crippen LogP contribution in [-0.4, -0.2) is 106 Å². The topological polar surface area (TPSA) is 317 Å². The number of para-hydroxylation sites is 1. The van der Waals surface area contributed by atoms with Crippen LogP contribution in [0, 0.1) is 13.8 Å². The Bertz CT molecular complexity index is 3220. The third-order valence-corrected chi connectivity index (χ3v) is 27.2. The Kier molecular flexibility index (Phi) is 19.4. The van der Waals surface area contributed by atoms with Gasteiger partial charge in [0.2, 0.25) is 0 Å². The number of nitrogens with zero attached hydrogens (tertiary/aromatic N) is 7. The molecule has 9 atom stereocenters. The minimum atomic E-state index is -4.34. The van der Waals surface area contributed by atoms with Crippen LogP contribution in [0.15, 0.2) is 78.1 Å². The average Bonchev–Trinajstić information content (AvgIpc) is 4.22. The SMILES string of the molecule is COC(=O)C(C)NP(=O)(OCC1OC(n2cc(C)c(=O)n(CCCCCCn3c(=O)c(C)cn(C4OC(CO[Si](C)(C)C(C)(C)C)C5(OS(=O)(=O)C=C5N)C4O[Si](C)(C)C(C)(C)C)c3=O)c2=O)CC1N=[N+]=[N-])Oc1ccccc1. The van der Waals surface area contributed by atoms with Gasteiger partial charge in [0.25, 0.3) is 21.2 Å². The van der Waals surface area contributed by atoms with Crippen LogP contribution in [0.1, 0.15) is 104 Å². The number of nitrogens with two attached hydrogens (primary N) is 1. The maximum absolute atomic E-state index is 14.7. The van der Waals surface area contributed by atoms with Gasteiger partial charge in [-0.1, -0.05) is 77.7 Å². The lowest BCUT2D eigenvalue weighted by Crippen LogP contribution is -2.59. The number of ether oxygens (including phenoxy) is 3. The third kappa shape index (κ3) is 13.9. The van der Waals surface area contributed by atoms with Crippen molar-refractivity contribution in [2.75, 3.05) is 20.3 Å². The Morgan fingerprint density at radius 2 is 1.46 bits per heavy atom. The second-order valence-corrected chi connectivity index (χ2v) is 36.0. The maximum Gasteiger partial charge on any atom is 0.459 e. The van der Waals surface area contributed by atoms with Crippen molar-refractivity contribution in [3.8, 4) is 5.75 Å². The molecule has 2 aromatic heterocycles. The van der Waals surface area contributed by atoms with Crippen molar-refractivity contribution in [1.82, 2.24) is 23.4 Å². The summed E-state index contributed by atoms with van der Waals surface area (Å²) in [6, 6.07) is 6.04. The zero-order valence-electron chi connectivity index (χ0n) is 47.6. The van der Waals surface area contributed by atoms with Crippen molar-refractivity contribution in [1.29, 1.82) is 0 Å². The number of carbonyl (C=O) groups is 1. The molecule has 5 heterocycles. The molecule has 9 unspecified atom stereocenters. The molecule has 2 fully saturated rings. The summed E-state index contributed by atoms with van der Waals surface area (Å²) in [6.45, 7) is 24.1. The quantitative estimate of drug-likeness (QED) is 0.0145. The second kappa shape index (κ2) is 24.2. The summed E-state index contributed by atoms with van der Waals surface area (Å²) < 4.78 is 94.2. The van der Waals surface area contributed by atoms with Gasteiger partial charge in [-0.2, -0.15) is 13.5 Å². The van der Waals surface area contributed by atoms with E-state index in [2.05, 4.69) is 35.9 Å². The fraction of sp³-hybridized carbons (Fsp3) is 0.660. The number of esters is 1. The van der Waals surface area contributed by atoms with Gasteiger partial charge < -0.3 is 33.3 Å². The fourth-order valence-corrected chi connectivity index (χ4v) is 14.0. The highest BCUT2D eigenvalue weighted by Gasteiger charge is 2.67. The Balaban J connectivity index is 1.18. The van der Waals surface area contributed by atoms with Gasteiger partial charge in [-0.25, -0.2) is 18.3 Å². The van der Waals surface area contributed by atoms with E-state index in [1.54, 1.807) is 32.0 Å². The zero-order valence-corrected chi connectivity index (χ0v) is 51.3. The summed E-state index contributed by atoms with van der Waals surface area (Å²) in [5, 5.41) is 6.61. The lowest BCUT2D eigenvalue weighted by molar-refractivity contribution is -0.142. The number of rotatable bonds is 23. The van der Waals surface area contributed by atoms with Gasteiger partial charge in [0, 0.05) is 47.9 Å². The van der Waals surface area contributed by atoms with E-state index in [0.717, 1.165) is 14.5 Å². The van der Waals surface area contributed by atoms with Crippen LogP contribution in [0.4, 0.5) is 0 Å². The number of methoxy groups -OCH3 is 1. The van der Waals surface area contributed by atoms with E-state index < -0.39 is 123 Å². The van der Waals surface area contributed by atoms with Crippen LogP contribution in [0.5, 0.6) is 5.75 Å². The molecule has 3 N–H and O–H groups in total. The molecule has 6 rings (SSSR count). The highest BCUT2D eigenvalue weighted by Crippen LogP contribution is 2.52. The average molecular weight is 1180 g/mol. The zero-order chi connectivity index (χ0) is 58.8. The molecule has 2 saturated heterocycles. The molecule has 3 aliphatic rings. The van der Waals surface area contributed by atoms with Gasteiger partial charge in [-0.3, -0.25) is 37.2 Å². The largest absolute Gasteiger partial charge is 0.468 e. The highest BCUT2D eigenvalue weighted by atomic mass is 32.2. The fourth-order valence-electron chi connectivity index (χ4n) is 8.98. The van der Waals surface area contributed by atoms with Crippen molar-refractivity contribution in [2.24, 2.45) is 10.8 Å². The van der Waals surface area contributed by atoms with Crippen molar-refractivity contribution >= 4 is 40.5 Å². The first-order valence-corrected chi connectivity index (χ1v) is 35.1. The Labute approximate surface area is 462 Å². The van der Waals surface area contributed by atoms with Gasteiger partial charge in [0.15, 0.2) is 28.5 Å². The minimum absolute atomic E-state index is 0.00565. The summed E-state index contributed by atoms with van der Waals surface area (Å²) in [7, 11) is -12.8. The molecule has 0 saturated carbocycles. The van der Waals surface area contributed by atoms with E-state index in [-0.39, 0.29) is 53.7 Å². The van der Waals surface area contributed by atoms with Crippen molar-refractivity contribution in [3.05, 3.63) is 117 Å². The molecule has 79 heavy (non-hydrogen) atoms. The van der Waals surface area contributed by atoms with Crippen LogP contribution in [0.2, 0.25) is 36.3 Å². The van der Waals surface area contributed by atoms with Crippen molar-refractivity contribution in [2.45, 2.75) is 192 Å². The summed E-state index contributed by atoms with van der Waals surface area (Å²) in [6.07, 6.45) is -1.51. The second-order valence-electron chi connectivity index (χ2n) is 23.4. The highest BCUT2D eigenvalue weighted by molar-refractivity contribution is 7.90. The van der Waals surface area contributed by atoms with E-state index in [9.17, 15) is 42.5 Å². The number of unbranched alkanes of at least 4 members (excludes halogenated alkanes) is 3. The molecule has 1 spiro atoms. The van der Waals surface area contributed by atoms with E-state index in [0.29, 0.717) is 25.7 Å². The molecule has 0 bridgehead atoms. The van der Waals surface area contributed by atoms with E-state index in [1.807, 2.05) is 47.0 Å². The molecule has 25 nitrogen and oxygen atoms in total. The lowest BCUT2D eigenvalue weighted by Gasteiger charge is -2.43. The molecule has 0 radical (unpaired) electrons.